The van der Waals surface area contributed by atoms with Crippen LogP contribution in [0.15, 0.2) is 288 Å². The third kappa shape index (κ3) is 6.08. The molecule has 19 rings (SSSR count). The third-order valence-electron chi connectivity index (χ3n) is 18.5. The summed E-state index contributed by atoms with van der Waals surface area (Å²) in [5.74, 6) is 0. The van der Waals surface area contributed by atoms with Crippen LogP contribution in [0, 0.1) is 0 Å². The molecule has 0 saturated carbocycles. The molecule has 4 heterocycles. The van der Waals surface area contributed by atoms with Gasteiger partial charge in [-0.05, 0) is 169 Å². The number of rotatable bonds is 5. The molecular weight excluding hydrogens is 1010 g/mol. The van der Waals surface area contributed by atoms with Crippen molar-refractivity contribution < 1.29 is 8.83 Å². The molecule has 83 heavy (non-hydrogen) atoms. The maximum atomic E-state index is 6.29. The van der Waals surface area contributed by atoms with Gasteiger partial charge >= 0.3 is 0 Å². The smallest absolute Gasteiger partial charge is 0.135 e. The Bertz CT molecular complexity index is 5590. The minimum Gasteiger partial charge on any atom is -0.456 e. The van der Waals surface area contributed by atoms with Crippen LogP contribution in [-0.4, -0.2) is 9.13 Å². The molecule has 0 atom stereocenters. The van der Waals surface area contributed by atoms with Gasteiger partial charge in [-0.25, -0.2) is 0 Å². The van der Waals surface area contributed by atoms with E-state index in [9.17, 15) is 0 Å². The SMILES string of the molecule is c1ccc(-n2c3ccc(-c4ccc5c(c4)c4cc(-c6ccc7oc8ccccc8c7c6)ccc4n5-c4ccc(-c5ccc6oc7ccccc7c6c5)cc4)cc3c3ccc4c(c32)-c2ccccc2C42c3ccccc3-c3ccccc32)cc1. The van der Waals surface area contributed by atoms with Crippen molar-refractivity contribution in [2.24, 2.45) is 0 Å². The fraction of sp³-hybridized carbons (Fsp3) is 0.0127. The van der Waals surface area contributed by atoms with Crippen LogP contribution in [0.3, 0.4) is 0 Å². The lowest BCUT2D eigenvalue weighted by Gasteiger charge is -2.30. The minimum atomic E-state index is -0.446. The average molecular weight is 1060 g/mol. The summed E-state index contributed by atoms with van der Waals surface area (Å²) in [5.41, 5.74) is 27.7. The highest BCUT2D eigenvalue weighted by atomic mass is 16.3. The first-order valence-electron chi connectivity index (χ1n) is 28.6. The molecule has 384 valence electrons. The van der Waals surface area contributed by atoms with Gasteiger partial charge in [0, 0.05) is 60.0 Å². The molecule has 0 unspecified atom stereocenters. The van der Waals surface area contributed by atoms with Crippen LogP contribution in [0.25, 0.3) is 154 Å². The Labute approximate surface area is 476 Å². The van der Waals surface area contributed by atoms with Crippen LogP contribution in [-0.2, 0) is 5.41 Å². The maximum Gasteiger partial charge on any atom is 0.135 e. The Balaban J connectivity index is 0.806. The Kier molecular flexibility index (Phi) is 8.96. The molecule has 0 radical (unpaired) electrons. The van der Waals surface area contributed by atoms with Gasteiger partial charge in [0.15, 0.2) is 0 Å². The van der Waals surface area contributed by atoms with Crippen molar-refractivity contribution >= 4 is 87.5 Å². The molecule has 2 aliphatic carbocycles. The molecular formula is C79H46N2O2. The van der Waals surface area contributed by atoms with E-state index in [0.717, 1.165) is 94.1 Å². The molecule has 0 N–H and O–H groups in total. The molecule has 0 amide bonds. The summed E-state index contributed by atoms with van der Waals surface area (Å²) in [4.78, 5) is 0. The molecule has 17 aromatic rings. The number of hydrogen-bond donors (Lipinski definition) is 0. The van der Waals surface area contributed by atoms with Gasteiger partial charge in [0.1, 0.15) is 22.3 Å². The summed E-state index contributed by atoms with van der Waals surface area (Å²) in [7, 11) is 0. The van der Waals surface area contributed by atoms with Gasteiger partial charge < -0.3 is 18.0 Å². The highest BCUT2D eigenvalue weighted by Gasteiger charge is 2.52. The van der Waals surface area contributed by atoms with Crippen molar-refractivity contribution in [2.75, 3.05) is 0 Å². The lowest BCUT2D eigenvalue weighted by atomic mass is 9.70. The maximum absolute atomic E-state index is 6.29. The van der Waals surface area contributed by atoms with Gasteiger partial charge in [0.2, 0.25) is 0 Å². The molecule has 13 aromatic carbocycles. The number of hydrogen-bond acceptors (Lipinski definition) is 2. The molecule has 4 heteroatoms. The zero-order valence-corrected chi connectivity index (χ0v) is 44.8. The second-order valence-corrected chi connectivity index (χ2v) is 22.6. The van der Waals surface area contributed by atoms with E-state index in [1.54, 1.807) is 0 Å². The van der Waals surface area contributed by atoms with Crippen molar-refractivity contribution in [3.63, 3.8) is 0 Å². The number of benzene rings is 13. The first kappa shape index (κ1) is 44.9. The standard InChI is InChI=1S/C79H46N2O2/c1-2-14-53(15-3-1)81-72-39-30-49(42-61(72)59-35-36-69-77(78(59)81)60-20-6-11-23-68(60)79(69)66-21-9-4-16-55(66)56-17-5-10-22-67(56)79)50-28-37-70-62(43-50)63-44-51(52-32-41-76-65(46-52)58-19-8-13-25-74(58)83-76)29-38-71(63)80(70)54-33-26-47(27-34-54)48-31-40-75-64(45-48)57-18-7-12-24-73(57)82-75/h1-46H. The van der Waals surface area contributed by atoms with E-state index >= 15 is 0 Å². The highest BCUT2D eigenvalue weighted by Crippen LogP contribution is 2.64. The molecule has 0 saturated heterocycles. The summed E-state index contributed by atoms with van der Waals surface area (Å²) in [6.07, 6.45) is 0. The molecule has 1 spiro atoms. The van der Waals surface area contributed by atoms with Gasteiger partial charge in [-0.15, -0.1) is 0 Å². The quantitative estimate of drug-likeness (QED) is 0.172. The second kappa shape index (κ2) is 16.6. The van der Waals surface area contributed by atoms with Crippen LogP contribution in [0.5, 0.6) is 0 Å². The molecule has 0 bridgehead atoms. The first-order valence-corrected chi connectivity index (χ1v) is 28.6. The van der Waals surface area contributed by atoms with E-state index in [-0.39, 0.29) is 0 Å². The van der Waals surface area contributed by atoms with Crippen molar-refractivity contribution in [1.29, 1.82) is 0 Å². The van der Waals surface area contributed by atoms with E-state index < -0.39 is 5.41 Å². The lowest BCUT2D eigenvalue weighted by molar-refractivity contribution is 0.668. The van der Waals surface area contributed by atoms with Crippen molar-refractivity contribution in [1.82, 2.24) is 9.13 Å². The van der Waals surface area contributed by atoms with E-state index in [2.05, 4.69) is 264 Å². The average Bonchev–Trinajstić information content (AvgIpc) is 1.58. The predicted molar refractivity (Wildman–Crippen MR) is 342 cm³/mol. The fourth-order valence-corrected chi connectivity index (χ4v) is 15.0. The molecule has 2 aliphatic rings. The van der Waals surface area contributed by atoms with Crippen LogP contribution in [0.2, 0.25) is 0 Å². The molecule has 0 fully saturated rings. The Morgan fingerprint density at radius 2 is 0.639 bits per heavy atom. The predicted octanol–water partition coefficient (Wildman–Crippen LogP) is 21.0. The Hall–Kier alpha value is -10.9. The normalized spacial score (nSPS) is 13.2. The van der Waals surface area contributed by atoms with Crippen LogP contribution >= 0.6 is 0 Å². The van der Waals surface area contributed by atoms with Gasteiger partial charge in [-0.1, -0.05) is 182 Å². The minimum absolute atomic E-state index is 0.446. The second-order valence-electron chi connectivity index (χ2n) is 22.6. The van der Waals surface area contributed by atoms with Crippen LogP contribution in [0.4, 0.5) is 0 Å². The Morgan fingerprint density at radius 1 is 0.241 bits per heavy atom. The van der Waals surface area contributed by atoms with E-state index in [1.165, 1.54) is 82.6 Å². The zero-order valence-electron chi connectivity index (χ0n) is 44.8. The van der Waals surface area contributed by atoms with E-state index in [0.29, 0.717) is 0 Å². The number of aromatic nitrogens is 2. The zero-order chi connectivity index (χ0) is 54.1. The van der Waals surface area contributed by atoms with Crippen molar-refractivity contribution in [2.45, 2.75) is 5.41 Å². The summed E-state index contributed by atoms with van der Waals surface area (Å²) in [6, 6.07) is 103. The topological polar surface area (TPSA) is 36.1 Å². The monoisotopic (exact) mass is 1050 g/mol. The van der Waals surface area contributed by atoms with Crippen LogP contribution in [0.1, 0.15) is 22.3 Å². The summed E-state index contributed by atoms with van der Waals surface area (Å²) in [6.45, 7) is 0. The molecule has 4 aromatic heterocycles. The van der Waals surface area contributed by atoms with Gasteiger partial charge in [-0.2, -0.15) is 0 Å². The summed E-state index contributed by atoms with van der Waals surface area (Å²) >= 11 is 0. The van der Waals surface area contributed by atoms with Gasteiger partial charge in [-0.3, -0.25) is 0 Å². The molecule has 0 aliphatic heterocycles. The van der Waals surface area contributed by atoms with Crippen molar-refractivity contribution in [3.8, 4) is 67.0 Å². The van der Waals surface area contributed by atoms with Crippen molar-refractivity contribution in [3.05, 3.63) is 301 Å². The van der Waals surface area contributed by atoms with E-state index in [4.69, 9.17) is 8.83 Å². The summed E-state index contributed by atoms with van der Waals surface area (Å²) < 4.78 is 17.5. The summed E-state index contributed by atoms with van der Waals surface area (Å²) in [5, 5.41) is 9.35. The van der Waals surface area contributed by atoms with E-state index in [1.807, 2.05) is 24.3 Å². The first-order chi connectivity index (χ1) is 41.1. The van der Waals surface area contributed by atoms with Gasteiger partial charge in [0.25, 0.3) is 0 Å². The highest BCUT2D eigenvalue weighted by molar-refractivity contribution is 6.18. The third-order valence-corrected chi connectivity index (χ3v) is 18.5. The lowest BCUT2D eigenvalue weighted by Crippen LogP contribution is -2.25. The largest absolute Gasteiger partial charge is 0.456 e. The molecule has 4 nitrogen and oxygen atoms in total. The number of para-hydroxylation sites is 3. The number of furan rings is 2. The number of fused-ring (bicyclic) bond motifs is 23. The van der Waals surface area contributed by atoms with Crippen LogP contribution < -0.4 is 0 Å². The number of nitrogens with zero attached hydrogens (tertiary/aromatic N) is 2. The Morgan fingerprint density at radius 3 is 1.20 bits per heavy atom. The fourth-order valence-electron chi connectivity index (χ4n) is 15.0. The van der Waals surface area contributed by atoms with Gasteiger partial charge in [0.05, 0.1) is 27.5 Å².